The van der Waals surface area contributed by atoms with Crippen LogP contribution in [-0.2, 0) is 12.4 Å². The summed E-state index contributed by atoms with van der Waals surface area (Å²) in [5.41, 5.74) is -3.29. The molecular weight excluding hydrogens is 322 g/mol. The van der Waals surface area contributed by atoms with Crippen molar-refractivity contribution in [2.75, 3.05) is 0 Å². The number of hydrogen-bond donors (Lipinski definition) is 0. The highest BCUT2D eigenvalue weighted by atomic mass is 35.5. The molecule has 2 aromatic rings. The van der Waals surface area contributed by atoms with E-state index in [0.29, 0.717) is 12.1 Å². The number of rotatable bonds is 1. The van der Waals surface area contributed by atoms with E-state index in [9.17, 15) is 26.3 Å². The molecule has 0 spiro atoms. The van der Waals surface area contributed by atoms with Crippen molar-refractivity contribution in [2.45, 2.75) is 12.4 Å². The van der Waals surface area contributed by atoms with Gasteiger partial charge in [-0.1, -0.05) is 11.6 Å². The molecule has 0 N–H and O–H groups in total. The highest BCUT2D eigenvalue weighted by molar-refractivity contribution is 6.29. The summed E-state index contributed by atoms with van der Waals surface area (Å²) in [6, 6.07) is 2.37. The Balaban J connectivity index is 2.66. The Morgan fingerprint density at radius 3 is 1.81 bits per heavy atom. The van der Waals surface area contributed by atoms with Gasteiger partial charge in [0.25, 0.3) is 0 Å². The topological polar surface area (TPSA) is 25.8 Å². The van der Waals surface area contributed by atoms with Gasteiger partial charge in [-0.05, 0) is 24.3 Å². The predicted octanol–water partition coefficient (Wildman–Crippen LogP) is 4.83. The number of alkyl halides is 6. The standard InChI is InChI=1S/C12H5ClF6N2/c13-9-1-2-20-10(21-9)6-3-7(11(14,15)16)5-8(4-6)12(17,18)19/h1-5H. The quantitative estimate of drug-likeness (QED) is 0.554. The molecule has 0 radical (unpaired) electrons. The number of hydrogen-bond acceptors (Lipinski definition) is 2. The van der Waals surface area contributed by atoms with E-state index >= 15 is 0 Å². The third-order valence-electron chi connectivity index (χ3n) is 2.47. The van der Waals surface area contributed by atoms with Crippen molar-refractivity contribution in [3.05, 3.63) is 46.7 Å². The van der Waals surface area contributed by atoms with Crippen molar-refractivity contribution < 1.29 is 26.3 Å². The van der Waals surface area contributed by atoms with E-state index in [4.69, 9.17) is 11.6 Å². The monoisotopic (exact) mass is 326 g/mol. The molecule has 0 saturated carbocycles. The van der Waals surface area contributed by atoms with Crippen LogP contribution in [0, 0.1) is 0 Å². The van der Waals surface area contributed by atoms with Crippen LogP contribution in [-0.4, -0.2) is 9.97 Å². The molecule has 0 bridgehead atoms. The van der Waals surface area contributed by atoms with E-state index in [1.165, 1.54) is 6.07 Å². The average molecular weight is 327 g/mol. The molecule has 1 aromatic carbocycles. The second kappa shape index (κ2) is 5.18. The molecule has 112 valence electrons. The van der Waals surface area contributed by atoms with Gasteiger partial charge in [0.15, 0.2) is 5.82 Å². The van der Waals surface area contributed by atoms with Gasteiger partial charge in [0, 0.05) is 11.8 Å². The summed E-state index contributed by atoms with van der Waals surface area (Å²) in [6.45, 7) is 0. The minimum atomic E-state index is -4.92. The lowest BCUT2D eigenvalue weighted by atomic mass is 10.0. The molecule has 0 amide bonds. The Bertz CT molecular complexity index is 633. The molecule has 0 unspecified atom stereocenters. The Kier molecular flexibility index (Phi) is 3.83. The van der Waals surface area contributed by atoms with Gasteiger partial charge in [0.1, 0.15) is 5.15 Å². The average Bonchev–Trinajstić information content (AvgIpc) is 2.36. The van der Waals surface area contributed by atoms with E-state index < -0.39 is 29.0 Å². The highest BCUT2D eigenvalue weighted by Crippen LogP contribution is 2.38. The molecule has 1 heterocycles. The van der Waals surface area contributed by atoms with E-state index in [1.807, 2.05) is 0 Å². The second-order valence-electron chi connectivity index (χ2n) is 4.00. The van der Waals surface area contributed by atoms with Crippen molar-refractivity contribution in [3.8, 4) is 11.4 Å². The van der Waals surface area contributed by atoms with E-state index in [0.717, 1.165) is 6.20 Å². The summed E-state index contributed by atoms with van der Waals surface area (Å²) in [6.07, 6.45) is -8.71. The molecule has 0 aliphatic carbocycles. The first-order valence-electron chi connectivity index (χ1n) is 5.36. The first kappa shape index (κ1) is 15.6. The minimum Gasteiger partial charge on any atom is -0.236 e. The summed E-state index contributed by atoms with van der Waals surface area (Å²) in [5, 5.41) is -0.0917. The number of aromatic nitrogens is 2. The van der Waals surface area contributed by atoms with Crippen LogP contribution in [0.2, 0.25) is 5.15 Å². The zero-order chi connectivity index (χ0) is 15.8. The first-order valence-corrected chi connectivity index (χ1v) is 5.73. The van der Waals surface area contributed by atoms with Crippen molar-refractivity contribution in [1.29, 1.82) is 0 Å². The first-order chi connectivity index (χ1) is 9.57. The molecule has 0 fully saturated rings. The summed E-state index contributed by atoms with van der Waals surface area (Å²) >= 11 is 5.56. The molecule has 2 nitrogen and oxygen atoms in total. The summed E-state index contributed by atoms with van der Waals surface area (Å²) < 4.78 is 76.2. The Labute approximate surface area is 119 Å². The summed E-state index contributed by atoms with van der Waals surface area (Å²) in [5.74, 6) is -0.320. The maximum atomic E-state index is 12.7. The van der Waals surface area contributed by atoms with Gasteiger partial charge in [-0.3, -0.25) is 0 Å². The smallest absolute Gasteiger partial charge is 0.236 e. The van der Waals surface area contributed by atoms with Crippen LogP contribution in [0.3, 0.4) is 0 Å². The van der Waals surface area contributed by atoms with Crippen molar-refractivity contribution in [1.82, 2.24) is 9.97 Å². The van der Waals surface area contributed by atoms with Crippen LogP contribution in [0.25, 0.3) is 11.4 Å². The molecule has 0 aliphatic rings. The predicted molar refractivity (Wildman–Crippen MR) is 62.5 cm³/mol. The lowest BCUT2D eigenvalue weighted by Crippen LogP contribution is -2.11. The van der Waals surface area contributed by atoms with Gasteiger partial charge in [-0.15, -0.1) is 0 Å². The molecular formula is C12H5ClF6N2. The SMILES string of the molecule is FC(F)(F)c1cc(-c2nccc(Cl)n2)cc(C(F)(F)F)c1. The Morgan fingerprint density at radius 2 is 1.38 bits per heavy atom. The van der Waals surface area contributed by atoms with Gasteiger partial charge < -0.3 is 0 Å². The van der Waals surface area contributed by atoms with Crippen molar-refractivity contribution in [3.63, 3.8) is 0 Å². The molecule has 0 saturated heterocycles. The van der Waals surface area contributed by atoms with E-state index in [2.05, 4.69) is 9.97 Å². The fourth-order valence-corrected chi connectivity index (χ4v) is 1.70. The summed E-state index contributed by atoms with van der Waals surface area (Å²) in [4.78, 5) is 7.24. The van der Waals surface area contributed by atoms with Gasteiger partial charge in [-0.2, -0.15) is 26.3 Å². The molecule has 9 heteroatoms. The van der Waals surface area contributed by atoms with Crippen LogP contribution >= 0.6 is 11.6 Å². The fourth-order valence-electron chi connectivity index (χ4n) is 1.56. The zero-order valence-corrected chi connectivity index (χ0v) is 10.7. The van der Waals surface area contributed by atoms with E-state index in [-0.39, 0.29) is 17.0 Å². The van der Waals surface area contributed by atoms with Crippen LogP contribution in [0.1, 0.15) is 11.1 Å². The maximum absolute atomic E-state index is 12.7. The highest BCUT2D eigenvalue weighted by Gasteiger charge is 2.37. The number of benzene rings is 1. The molecule has 1 aromatic heterocycles. The Morgan fingerprint density at radius 1 is 0.857 bits per heavy atom. The molecule has 0 aliphatic heterocycles. The van der Waals surface area contributed by atoms with Crippen LogP contribution < -0.4 is 0 Å². The molecule has 0 atom stereocenters. The minimum absolute atomic E-state index is 0.0358. The second-order valence-corrected chi connectivity index (χ2v) is 4.38. The third-order valence-corrected chi connectivity index (χ3v) is 2.68. The Hall–Kier alpha value is -1.83. The molecule has 21 heavy (non-hydrogen) atoms. The van der Waals surface area contributed by atoms with E-state index in [1.54, 1.807) is 0 Å². The third kappa shape index (κ3) is 3.63. The number of halogens is 7. The van der Waals surface area contributed by atoms with Crippen LogP contribution in [0.5, 0.6) is 0 Å². The van der Waals surface area contributed by atoms with Gasteiger partial charge in [0.2, 0.25) is 0 Å². The maximum Gasteiger partial charge on any atom is 0.416 e. The zero-order valence-electron chi connectivity index (χ0n) is 9.93. The normalized spacial score (nSPS) is 12.5. The van der Waals surface area contributed by atoms with Crippen molar-refractivity contribution >= 4 is 11.6 Å². The summed E-state index contributed by atoms with van der Waals surface area (Å²) in [7, 11) is 0. The van der Waals surface area contributed by atoms with Gasteiger partial charge >= 0.3 is 12.4 Å². The van der Waals surface area contributed by atoms with Crippen molar-refractivity contribution in [2.24, 2.45) is 0 Å². The lowest BCUT2D eigenvalue weighted by Gasteiger charge is -2.13. The van der Waals surface area contributed by atoms with Gasteiger partial charge in [-0.25, -0.2) is 9.97 Å². The van der Waals surface area contributed by atoms with Gasteiger partial charge in [0.05, 0.1) is 11.1 Å². The number of nitrogens with zero attached hydrogens (tertiary/aromatic N) is 2. The van der Waals surface area contributed by atoms with Crippen LogP contribution in [0.4, 0.5) is 26.3 Å². The largest absolute Gasteiger partial charge is 0.416 e. The van der Waals surface area contributed by atoms with Crippen LogP contribution in [0.15, 0.2) is 30.5 Å². The fraction of sp³-hybridized carbons (Fsp3) is 0.167. The molecule has 2 rings (SSSR count). The lowest BCUT2D eigenvalue weighted by molar-refractivity contribution is -0.143.